The first-order chi connectivity index (χ1) is 13.4. The Morgan fingerprint density at radius 1 is 0.929 bits per heavy atom. The molecule has 0 unspecified atom stereocenters. The molecule has 0 bridgehead atoms. The quantitative estimate of drug-likeness (QED) is 0.741. The summed E-state index contributed by atoms with van der Waals surface area (Å²) in [7, 11) is 0. The summed E-state index contributed by atoms with van der Waals surface area (Å²) in [5.74, 6) is 0.355. The molecule has 0 atom stereocenters. The van der Waals surface area contributed by atoms with E-state index in [0.29, 0.717) is 0 Å². The first-order valence-corrected chi connectivity index (χ1v) is 10.8. The average Bonchev–Trinajstić information content (AvgIpc) is 2.70. The van der Waals surface area contributed by atoms with Gasteiger partial charge in [-0.05, 0) is 69.7 Å². The first-order valence-electron chi connectivity index (χ1n) is 10.8. The maximum absolute atomic E-state index is 12.8. The van der Waals surface area contributed by atoms with Crippen LogP contribution in [0.3, 0.4) is 0 Å². The monoisotopic (exact) mass is 385 g/mol. The van der Waals surface area contributed by atoms with Crippen molar-refractivity contribution in [3.8, 4) is 0 Å². The van der Waals surface area contributed by atoms with Gasteiger partial charge in [-0.25, -0.2) is 0 Å². The van der Waals surface area contributed by atoms with E-state index in [-0.39, 0.29) is 17.9 Å². The van der Waals surface area contributed by atoms with Gasteiger partial charge in [0.1, 0.15) is 5.41 Å². The molecule has 1 aromatic rings. The summed E-state index contributed by atoms with van der Waals surface area (Å²) in [5, 5.41) is 5.99. The third-order valence-electron chi connectivity index (χ3n) is 6.35. The highest BCUT2D eigenvalue weighted by Crippen LogP contribution is 2.26. The van der Waals surface area contributed by atoms with Gasteiger partial charge in [0.15, 0.2) is 0 Å². The first kappa shape index (κ1) is 20.7. The van der Waals surface area contributed by atoms with Crippen molar-refractivity contribution in [1.29, 1.82) is 0 Å². The summed E-state index contributed by atoms with van der Waals surface area (Å²) in [6.45, 7) is 7.87. The maximum atomic E-state index is 12.8. The van der Waals surface area contributed by atoms with Crippen LogP contribution < -0.4 is 15.5 Å². The fourth-order valence-corrected chi connectivity index (χ4v) is 4.03. The van der Waals surface area contributed by atoms with Gasteiger partial charge in [-0.2, -0.15) is 0 Å². The molecule has 2 aliphatic rings. The molecule has 0 spiro atoms. The number of anilines is 2. The summed E-state index contributed by atoms with van der Waals surface area (Å²) >= 11 is 0. The molecule has 3 rings (SSSR count). The fraction of sp³-hybridized carbons (Fsp3) is 0.652. The molecule has 5 heteroatoms. The normalized spacial score (nSPS) is 19.3. The van der Waals surface area contributed by atoms with Gasteiger partial charge in [0.25, 0.3) is 0 Å². The number of nitrogens with zero attached hydrogens (tertiary/aromatic N) is 1. The van der Waals surface area contributed by atoms with Crippen molar-refractivity contribution in [2.75, 3.05) is 23.3 Å². The van der Waals surface area contributed by atoms with Crippen LogP contribution in [0.2, 0.25) is 0 Å². The van der Waals surface area contributed by atoms with Crippen LogP contribution in [0.1, 0.15) is 65.7 Å². The van der Waals surface area contributed by atoms with E-state index in [4.69, 9.17) is 0 Å². The van der Waals surface area contributed by atoms with Gasteiger partial charge < -0.3 is 15.5 Å². The number of carbonyl (C=O) groups excluding carboxylic acids is 2. The fourth-order valence-electron chi connectivity index (χ4n) is 4.03. The summed E-state index contributed by atoms with van der Waals surface area (Å²) in [6, 6.07) is 8.18. The highest BCUT2D eigenvalue weighted by atomic mass is 16.2. The van der Waals surface area contributed by atoms with Crippen LogP contribution in [0.25, 0.3) is 0 Å². The topological polar surface area (TPSA) is 61.4 Å². The Morgan fingerprint density at radius 3 is 2.14 bits per heavy atom. The molecule has 5 nitrogen and oxygen atoms in total. The molecule has 2 amide bonds. The van der Waals surface area contributed by atoms with Gasteiger partial charge in [0, 0.05) is 30.5 Å². The smallest absolute Gasteiger partial charge is 0.239 e. The van der Waals surface area contributed by atoms with Gasteiger partial charge in [-0.1, -0.05) is 26.2 Å². The van der Waals surface area contributed by atoms with E-state index in [1.807, 2.05) is 12.1 Å². The second kappa shape index (κ2) is 8.97. The number of carbonyl (C=O) groups is 2. The van der Waals surface area contributed by atoms with Crippen LogP contribution in [0.4, 0.5) is 11.4 Å². The second-order valence-corrected chi connectivity index (χ2v) is 9.10. The highest BCUT2D eigenvalue weighted by molar-refractivity contribution is 6.09. The lowest BCUT2D eigenvalue weighted by Crippen LogP contribution is -2.49. The molecular formula is C23H35N3O2. The van der Waals surface area contributed by atoms with E-state index in [1.165, 1.54) is 24.9 Å². The molecule has 154 valence electrons. The zero-order valence-electron chi connectivity index (χ0n) is 17.6. The lowest BCUT2D eigenvalue weighted by molar-refractivity contribution is -0.139. The number of piperidine rings is 1. The van der Waals surface area contributed by atoms with Gasteiger partial charge in [-0.15, -0.1) is 0 Å². The Hall–Kier alpha value is -2.04. The minimum Gasteiger partial charge on any atom is -0.372 e. The number of nitrogens with one attached hydrogen (secondary N) is 2. The van der Waals surface area contributed by atoms with Crippen LogP contribution in [-0.2, 0) is 9.59 Å². The van der Waals surface area contributed by atoms with Gasteiger partial charge in [0.05, 0.1) is 0 Å². The predicted molar refractivity (Wildman–Crippen MR) is 114 cm³/mol. The van der Waals surface area contributed by atoms with Gasteiger partial charge in [0.2, 0.25) is 11.8 Å². The Bertz CT molecular complexity index is 670. The number of hydrogen-bond acceptors (Lipinski definition) is 3. The van der Waals surface area contributed by atoms with E-state index in [0.717, 1.165) is 50.4 Å². The van der Waals surface area contributed by atoms with Crippen molar-refractivity contribution in [3.05, 3.63) is 24.3 Å². The van der Waals surface area contributed by atoms with E-state index in [9.17, 15) is 9.59 Å². The van der Waals surface area contributed by atoms with Crippen molar-refractivity contribution < 1.29 is 9.59 Å². The molecule has 0 aromatic heterocycles. The molecule has 1 aromatic carbocycles. The zero-order valence-corrected chi connectivity index (χ0v) is 17.6. The van der Waals surface area contributed by atoms with E-state index in [1.54, 1.807) is 13.8 Å². The van der Waals surface area contributed by atoms with E-state index >= 15 is 0 Å². The van der Waals surface area contributed by atoms with Crippen LogP contribution in [0.5, 0.6) is 0 Å². The largest absolute Gasteiger partial charge is 0.372 e. The van der Waals surface area contributed by atoms with Gasteiger partial charge in [-0.3, -0.25) is 9.59 Å². The molecule has 2 fully saturated rings. The van der Waals surface area contributed by atoms with Crippen molar-refractivity contribution in [2.45, 2.75) is 71.8 Å². The minimum absolute atomic E-state index is 0.184. The number of rotatable bonds is 5. The van der Waals surface area contributed by atoms with Crippen molar-refractivity contribution in [1.82, 2.24) is 5.32 Å². The summed E-state index contributed by atoms with van der Waals surface area (Å²) in [4.78, 5) is 27.8. The second-order valence-electron chi connectivity index (χ2n) is 9.10. The minimum atomic E-state index is -1.10. The Kier molecular flexibility index (Phi) is 6.63. The molecule has 0 radical (unpaired) electrons. The van der Waals surface area contributed by atoms with Crippen molar-refractivity contribution in [2.24, 2.45) is 11.3 Å². The molecule has 1 heterocycles. The third kappa shape index (κ3) is 5.06. The average molecular weight is 386 g/mol. The van der Waals surface area contributed by atoms with Crippen LogP contribution in [0, 0.1) is 11.3 Å². The number of hydrogen-bond donors (Lipinski definition) is 2. The van der Waals surface area contributed by atoms with E-state index in [2.05, 4.69) is 34.6 Å². The van der Waals surface area contributed by atoms with Crippen molar-refractivity contribution in [3.63, 3.8) is 0 Å². The third-order valence-corrected chi connectivity index (χ3v) is 6.35. The lowest BCUT2D eigenvalue weighted by Gasteiger charge is -2.32. The summed E-state index contributed by atoms with van der Waals surface area (Å²) in [5.41, 5.74) is 0.830. The summed E-state index contributed by atoms with van der Waals surface area (Å²) in [6.07, 6.45) is 8.02. The number of amides is 2. The molecule has 1 saturated heterocycles. The maximum Gasteiger partial charge on any atom is 0.239 e. The van der Waals surface area contributed by atoms with Crippen LogP contribution >= 0.6 is 0 Å². The number of benzene rings is 1. The molecular weight excluding hydrogens is 350 g/mol. The molecule has 2 N–H and O–H groups in total. The Balaban J connectivity index is 1.55. The molecule has 1 aliphatic heterocycles. The SMILES string of the molecule is CC1CCN(c2ccc(NC(=O)C(C)(C)C(=O)NC3CCCCC3)cc2)CC1. The van der Waals surface area contributed by atoms with Crippen LogP contribution in [-0.4, -0.2) is 30.9 Å². The zero-order chi connectivity index (χ0) is 20.1. The van der Waals surface area contributed by atoms with Crippen LogP contribution in [0.15, 0.2) is 24.3 Å². The molecule has 28 heavy (non-hydrogen) atoms. The molecule has 1 aliphatic carbocycles. The Labute approximate surface area is 169 Å². The summed E-state index contributed by atoms with van der Waals surface area (Å²) < 4.78 is 0. The standard InChI is InChI=1S/C23H35N3O2/c1-17-13-15-26(16-14-17)20-11-9-19(10-12-20)25-22(28)23(2,3)21(27)24-18-7-5-4-6-8-18/h9-12,17-18H,4-8,13-16H2,1-3H3,(H,24,27)(H,25,28). The molecule has 1 saturated carbocycles. The predicted octanol–water partition coefficient (Wildman–Crippen LogP) is 4.34. The highest BCUT2D eigenvalue weighted by Gasteiger charge is 2.37. The Morgan fingerprint density at radius 2 is 1.54 bits per heavy atom. The lowest BCUT2D eigenvalue weighted by atomic mass is 9.88. The van der Waals surface area contributed by atoms with Crippen molar-refractivity contribution >= 4 is 23.2 Å². The van der Waals surface area contributed by atoms with Gasteiger partial charge >= 0.3 is 0 Å². The van der Waals surface area contributed by atoms with E-state index < -0.39 is 5.41 Å².